The Balaban J connectivity index is 2.14. The second kappa shape index (κ2) is 4.04. The zero-order chi connectivity index (χ0) is 10.7. The minimum atomic E-state index is -0.362. The number of hydrogen-bond acceptors (Lipinski definition) is 3. The predicted octanol–water partition coefficient (Wildman–Crippen LogP) is 2.29. The van der Waals surface area contributed by atoms with Gasteiger partial charge in [-0.05, 0) is 30.2 Å². The molecule has 1 aliphatic rings. The minimum absolute atomic E-state index is 0.181. The number of allylic oxidation sites excluding steroid dienone is 3. The monoisotopic (exact) mass is 202 g/mol. The van der Waals surface area contributed by atoms with Crippen LogP contribution in [0.3, 0.4) is 0 Å². The summed E-state index contributed by atoms with van der Waals surface area (Å²) < 4.78 is 0. The summed E-state index contributed by atoms with van der Waals surface area (Å²) in [5, 5.41) is 10.5. The van der Waals surface area contributed by atoms with Crippen molar-refractivity contribution in [2.75, 3.05) is 0 Å². The maximum absolute atomic E-state index is 10.5. The highest BCUT2D eigenvalue weighted by Gasteiger charge is 2.15. The molecule has 76 valence electrons. The average molecular weight is 202 g/mol. The van der Waals surface area contributed by atoms with Gasteiger partial charge in [-0.1, -0.05) is 6.08 Å². The van der Waals surface area contributed by atoms with E-state index in [1.165, 1.54) is 0 Å². The van der Waals surface area contributed by atoms with Gasteiger partial charge in [0.05, 0.1) is 4.92 Å². The van der Waals surface area contributed by atoms with Gasteiger partial charge in [0, 0.05) is 24.4 Å². The lowest BCUT2D eigenvalue weighted by Gasteiger charge is -2.12. The van der Waals surface area contributed by atoms with E-state index in [9.17, 15) is 10.1 Å². The molecule has 0 spiro atoms. The summed E-state index contributed by atoms with van der Waals surface area (Å²) in [6.07, 6.45) is 9.23. The topological polar surface area (TPSA) is 56.0 Å². The molecule has 1 aliphatic carbocycles. The zero-order valence-corrected chi connectivity index (χ0v) is 8.04. The van der Waals surface area contributed by atoms with Gasteiger partial charge in [-0.2, -0.15) is 0 Å². The normalized spacial score (nSPS) is 19.7. The van der Waals surface area contributed by atoms with Crippen LogP contribution in [0.4, 0.5) is 0 Å². The Kier molecular flexibility index (Phi) is 2.58. The number of nitrogens with zero attached hydrogens (tertiary/aromatic N) is 2. The molecule has 0 aromatic carbocycles. The van der Waals surface area contributed by atoms with Crippen molar-refractivity contribution in [2.45, 2.75) is 12.3 Å². The van der Waals surface area contributed by atoms with E-state index in [1.54, 1.807) is 24.5 Å². The maximum Gasteiger partial charge on any atom is 0.265 e. The van der Waals surface area contributed by atoms with E-state index < -0.39 is 0 Å². The van der Waals surface area contributed by atoms with Crippen molar-refractivity contribution >= 4 is 0 Å². The lowest BCUT2D eigenvalue weighted by Crippen LogP contribution is -2.03. The molecule has 1 aromatic rings. The summed E-state index contributed by atoms with van der Waals surface area (Å²) in [5.74, 6) is 0.233. The van der Waals surface area contributed by atoms with Gasteiger partial charge in [-0.25, -0.2) is 0 Å². The molecule has 1 unspecified atom stereocenters. The summed E-state index contributed by atoms with van der Waals surface area (Å²) >= 11 is 0. The van der Waals surface area contributed by atoms with Crippen LogP contribution in [0, 0.1) is 10.1 Å². The van der Waals surface area contributed by atoms with Crippen molar-refractivity contribution in [1.29, 1.82) is 0 Å². The Hall–Kier alpha value is -1.97. The fourth-order valence-corrected chi connectivity index (χ4v) is 1.60. The molecule has 2 rings (SSSR count). The standard InChI is InChI=1S/C11H10N2O2/c14-13(15)11-3-1-9(2-4-11)10-5-7-12-8-6-10/h1,3-9H,2H2. The van der Waals surface area contributed by atoms with Gasteiger partial charge in [0.1, 0.15) is 0 Å². The van der Waals surface area contributed by atoms with Gasteiger partial charge >= 0.3 is 0 Å². The van der Waals surface area contributed by atoms with Crippen molar-refractivity contribution in [3.63, 3.8) is 0 Å². The Labute approximate surface area is 87.1 Å². The Morgan fingerprint density at radius 3 is 2.67 bits per heavy atom. The van der Waals surface area contributed by atoms with Crippen LogP contribution in [-0.4, -0.2) is 9.91 Å². The Morgan fingerprint density at radius 1 is 1.40 bits per heavy atom. The van der Waals surface area contributed by atoms with E-state index in [1.807, 2.05) is 18.2 Å². The summed E-state index contributed by atoms with van der Waals surface area (Å²) in [5.41, 5.74) is 1.32. The minimum Gasteiger partial charge on any atom is -0.265 e. The zero-order valence-electron chi connectivity index (χ0n) is 8.04. The van der Waals surface area contributed by atoms with Crippen molar-refractivity contribution in [2.24, 2.45) is 0 Å². The van der Waals surface area contributed by atoms with Crippen LogP contribution in [0.2, 0.25) is 0 Å². The molecule has 4 nitrogen and oxygen atoms in total. The van der Waals surface area contributed by atoms with Crippen LogP contribution in [0.25, 0.3) is 0 Å². The van der Waals surface area contributed by atoms with Gasteiger partial charge in [-0.3, -0.25) is 15.1 Å². The fourth-order valence-electron chi connectivity index (χ4n) is 1.60. The lowest BCUT2D eigenvalue weighted by atomic mass is 9.92. The van der Waals surface area contributed by atoms with Gasteiger partial charge in [0.2, 0.25) is 0 Å². The quantitative estimate of drug-likeness (QED) is 0.546. The first-order valence-electron chi connectivity index (χ1n) is 4.70. The first kappa shape index (κ1) is 9.58. The molecule has 0 saturated heterocycles. The highest BCUT2D eigenvalue weighted by molar-refractivity contribution is 5.28. The van der Waals surface area contributed by atoms with Crippen LogP contribution in [0.1, 0.15) is 17.9 Å². The van der Waals surface area contributed by atoms with Crippen LogP contribution in [0.15, 0.2) is 48.5 Å². The van der Waals surface area contributed by atoms with Crippen molar-refractivity contribution in [3.8, 4) is 0 Å². The third-order valence-electron chi connectivity index (χ3n) is 2.43. The molecule has 1 aromatic heterocycles. The van der Waals surface area contributed by atoms with Crippen LogP contribution >= 0.6 is 0 Å². The largest absolute Gasteiger partial charge is 0.265 e. The van der Waals surface area contributed by atoms with Gasteiger partial charge in [0.15, 0.2) is 0 Å². The molecule has 4 heteroatoms. The van der Waals surface area contributed by atoms with E-state index in [2.05, 4.69) is 4.98 Å². The molecule has 0 radical (unpaired) electrons. The summed E-state index contributed by atoms with van der Waals surface area (Å²) in [4.78, 5) is 14.0. The molecular weight excluding hydrogens is 192 g/mol. The molecule has 1 heterocycles. The van der Waals surface area contributed by atoms with E-state index >= 15 is 0 Å². The summed E-state index contributed by atoms with van der Waals surface area (Å²) in [7, 11) is 0. The first-order valence-corrected chi connectivity index (χ1v) is 4.70. The number of nitro groups is 1. The Bertz CT molecular complexity index is 423. The molecule has 1 atom stereocenters. The summed E-state index contributed by atoms with van der Waals surface area (Å²) in [6.45, 7) is 0. The highest BCUT2D eigenvalue weighted by Crippen LogP contribution is 2.26. The molecule has 0 fully saturated rings. The Morgan fingerprint density at radius 2 is 2.13 bits per heavy atom. The fraction of sp³-hybridized carbons (Fsp3) is 0.182. The predicted molar refractivity (Wildman–Crippen MR) is 55.8 cm³/mol. The van der Waals surface area contributed by atoms with Crippen LogP contribution in [0.5, 0.6) is 0 Å². The number of aromatic nitrogens is 1. The molecule has 15 heavy (non-hydrogen) atoms. The third-order valence-corrected chi connectivity index (χ3v) is 2.43. The summed E-state index contributed by atoms with van der Waals surface area (Å²) in [6, 6.07) is 3.86. The number of pyridine rings is 1. The number of hydrogen-bond donors (Lipinski definition) is 0. The van der Waals surface area contributed by atoms with Crippen LogP contribution in [-0.2, 0) is 0 Å². The second-order valence-electron chi connectivity index (χ2n) is 3.37. The van der Waals surface area contributed by atoms with Crippen LogP contribution < -0.4 is 0 Å². The molecule has 0 saturated carbocycles. The van der Waals surface area contributed by atoms with Gasteiger partial charge in [-0.15, -0.1) is 0 Å². The highest BCUT2D eigenvalue weighted by atomic mass is 16.6. The van der Waals surface area contributed by atoms with E-state index in [0.717, 1.165) is 5.56 Å². The first-order chi connectivity index (χ1) is 7.27. The van der Waals surface area contributed by atoms with E-state index in [0.29, 0.717) is 6.42 Å². The van der Waals surface area contributed by atoms with E-state index in [4.69, 9.17) is 0 Å². The average Bonchev–Trinajstić information content (AvgIpc) is 2.30. The SMILES string of the molecule is O=[N+]([O-])C1=CCC(c2ccncc2)C=C1. The van der Waals surface area contributed by atoms with Crippen molar-refractivity contribution < 1.29 is 4.92 Å². The smallest absolute Gasteiger partial charge is 0.265 e. The number of rotatable bonds is 2. The molecule has 0 bridgehead atoms. The van der Waals surface area contributed by atoms with Crippen molar-refractivity contribution in [1.82, 2.24) is 4.98 Å². The molecular formula is C11H10N2O2. The second-order valence-corrected chi connectivity index (χ2v) is 3.37. The maximum atomic E-state index is 10.5. The molecule has 0 amide bonds. The molecule has 0 N–H and O–H groups in total. The van der Waals surface area contributed by atoms with Crippen molar-refractivity contribution in [3.05, 3.63) is 64.1 Å². The molecule has 0 aliphatic heterocycles. The van der Waals surface area contributed by atoms with E-state index in [-0.39, 0.29) is 16.5 Å². The lowest BCUT2D eigenvalue weighted by molar-refractivity contribution is -0.419. The third kappa shape index (κ3) is 2.10. The van der Waals surface area contributed by atoms with Gasteiger partial charge < -0.3 is 0 Å². The van der Waals surface area contributed by atoms with Gasteiger partial charge in [0.25, 0.3) is 5.70 Å².